The van der Waals surface area contributed by atoms with Crippen LogP contribution in [0.15, 0.2) is 24.3 Å². The van der Waals surface area contributed by atoms with Crippen molar-refractivity contribution in [1.29, 1.82) is 5.26 Å². The largest absolute Gasteiger partial charge is 0.207 e. The van der Waals surface area contributed by atoms with E-state index in [1.54, 1.807) is 12.1 Å². The zero-order chi connectivity index (χ0) is 9.31. The lowest BCUT2D eigenvalue weighted by molar-refractivity contribution is 0.622. The van der Waals surface area contributed by atoms with Gasteiger partial charge in [0, 0.05) is 0 Å². The van der Waals surface area contributed by atoms with Crippen molar-refractivity contribution in [3.05, 3.63) is 35.6 Å². The summed E-state index contributed by atoms with van der Waals surface area (Å²) in [4.78, 5) is 0. The molecule has 0 spiro atoms. The minimum absolute atomic E-state index is 0.127. The molecule has 13 heavy (non-hydrogen) atoms. The molecule has 0 aromatic heterocycles. The van der Waals surface area contributed by atoms with Gasteiger partial charge in [-0.05, 0) is 37.0 Å². The van der Waals surface area contributed by atoms with Crippen molar-refractivity contribution in [2.75, 3.05) is 0 Å². The molecular formula is C11H10FN. The van der Waals surface area contributed by atoms with E-state index in [0.717, 1.165) is 24.8 Å². The van der Waals surface area contributed by atoms with E-state index >= 15 is 0 Å². The van der Waals surface area contributed by atoms with Gasteiger partial charge in [-0.2, -0.15) is 5.26 Å². The van der Waals surface area contributed by atoms with Crippen LogP contribution in [0.25, 0.3) is 0 Å². The average molecular weight is 175 g/mol. The molecule has 0 aliphatic heterocycles. The van der Waals surface area contributed by atoms with Gasteiger partial charge in [-0.25, -0.2) is 4.39 Å². The zero-order valence-electron chi connectivity index (χ0n) is 7.26. The summed E-state index contributed by atoms with van der Waals surface area (Å²) >= 11 is 0. The lowest BCUT2D eigenvalue weighted by Gasteiger charge is -2.04. The van der Waals surface area contributed by atoms with Crippen molar-refractivity contribution in [3.63, 3.8) is 0 Å². The molecule has 0 heterocycles. The summed E-state index contributed by atoms with van der Waals surface area (Å²) in [7, 11) is 0. The number of nitriles is 1. The normalized spacial score (nSPS) is 17.8. The maximum Gasteiger partial charge on any atom is 0.123 e. The summed E-state index contributed by atoms with van der Waals surface area (Å²) in [5.41, 5.74) is 0.929. The van der Waals surface area contributed by atoms with Crippen LogP contribution in [0.5, 0.6) is 0 Å². The molecule has 0 radical (unpaired) electrons. The van der Waals surface area contributed by atoms with E-state index in [9.17, 15) is 4.39 Å². The summed E-state index contributed by atoms with van der Waals surface area (Å²) in [6, 6.07) is 8.73. The lowest BCUT2D eigenvalue weighted by atomic mass is 9.98. The van der Waals surface area contributed by atoms with Crippen molar-refractivity contribution in [2.45, 2.75) is 19.3 Å². The van der Waals surface area contributed by atoms with Gasteiger partial charge in [-0.3, -0.25) is 0 Å². The first-order valence-corrected chi connectivity index (χ1v) is 4.40. The standard InChI is InChI=1S/C11H10FN/c12-10-3-1-9(2-4-10)7-11(8-13)5-6-11/h1-4H,5-7H2. The maximum atomic E-state index is 12.6. The molecule has 1 aliphatic rings. The summed E-state index contributed by atoms with van der Waals surface area (Å²) < 4.78 is 12.6. The molecule has 2 heteroatoms. The fourth-order valence-electron chi connectivity index (χ4n) is 1.47. The smallest absolute Gasteiger partial charge is 0.123 e. The molecule has 0 amide bonds. The second-order valence-corrected chi connectivity index (χ2v) is 3.70. The van der Waals surface area contributed by atoms with Crippen LogP contribution in [0.3, 0.4) is 0 Å². The third-order valence-electron chi connectivity index (χ3n) is 2.55. The topological polar surface area (TPSA) is 23.8 Å². The van der Waals surface area contributed by atoms with Gasteiger partial charge in [0.2, 0.25) is 0 Å². The second-order valence-electron chi connectivity index (χ2n) is 3.70. The van der Waals surface area contributed by atoms with Crippen LogP contribution >= 0.6 is 0 Å². The van der Waals surface area contributed by atoms with Gasteiger partial charge in [0.05, 0.1) is 11.5 Å². The Labute approximate surface area is 76.8 Å². The first-order chi connectivity index (χ1) is 6.24. The third-order valence-corrected chi connectivity index (χ3v) is 2.55. The van der Waals surface area contributed by atoms with Crippen molar-refractivity contribution < 1.29 is 4.39 Å². The second kappa shape index (κ2) is 2.85. The van der Waals surface area contributed by atoms with E-state index in [4.69, 9.17) is 5.26 Å². The average Bonchev–Trinajstić information content (AvgIpc) is 2.90. The fraction of sp³-hybridized carbons (Fsp3) is 0.364. The van der Waals surface area contributed by atoms with E-state index < -0.39 is 0 Å². The predicted octanol–water partition coefficient (Wildman–Crippen LogP) is 2.67. The SMILES string of the molecule is N#CC1(Cc2ccc(F)cc2)CC1. The fourth-order valence-corrected chi connectivity index (χ4v) is 1.47. The lowest BCUT2D eigenvalue weighted by Crippen LogP contribution is -2.00. The highest BCUT2D eigenvalue weighted by Crippen LogP contribution is 2.47. The molecule has 1 aromatic rings. The van der Waals surface area contributed by atoms with Crippen LogP contribution in [0.2, 0.25) is 0 Å². The molecule has 0 unspecified atom stereocenters. The highest BCUT2D eigenvalue weighted by molar-refractivity contribution is 5.23. The van der Waals surface area contributed by atoms with Crippen molar-refractivity contribution >= 4 is 0 Å². The van der Waals surface area contributed by atoms with Crippen LogP contribution in [0, 0.1) is 22.6 Å². The zero-order valence-corrected chi connectivity index (χ0v) is 7.26. The van der Waals surface area contributed by atoms with Crippen LogP contribution in [0.4, 0.5) is 4.39 Å². The van der Waals surface area contributed by atoms with Gasteiger partial charge >= 0.3 is 0 Å². The molecule has 2 rings (SSSR count). The summed E-state index contributed by atoms with van der Waals surface area (Å²) in [6.07, 6.45) is 2.74. The number of benzene rings is 1. The molecular weight excluding hydrogens is 165 g/mol. The quantitative estimate of drug-likeness (QED) is 0.677. The van der Waals surface area contributed by atoms with Crippen LogP contribution < -0.4 is 0 Å². The molecule has 1 aromatic carbocycles. The summed E-state index contributed by atoms with van der Waals surface area (Å²) in [5, 5.41) is 8.85. The van der Waals surface area contributed by atoms with E-state index in [1.165, 1.54) is 12.1 Å². The molecule has 0 N–H and O–H groups in total. The maximum absolute atomic E-state index is 12.6. The Bertz CT molecular complexity index is 343. The Morgan fingerprint density at radius 3 is 2.38 bits per heavy atom. The molecule has 1 aliphatic carbocycles. The first-order valence-electron chi connectivity index (χ1n) is 4.40. The van der Waals surface area contributed by atoms with Crippen LogP contribution in [-0.4, -0.2) is 0 Å². The van der Waals surface area contributed by atoms with E-state index in [2.05, 4.69) is 6.07 Å². The Morgan fingerprint density at radius 2 is 1.92 bits per heavy atom. The number of hydrogen-bond acceptors (Lipinski definition) is 1. The van der Waals surface area contributed by atoms with Gasteiger partial charge in [0.1, 0.15) is 5.82 Å². The number of nitrogens with zero attached hydrogens (tertiary/aromatic N) is 1. The Kier molecular flexibility index (Phi) is 1.81. The van der Waals surface area contributed by atoms with Gasteiger partial charge < -0.3 is 0 Å². The molecule has 0 bridgehead atoms. The molecule has 1 saturated carbocycles. The van der Waals surface area contributed by atoms with Gasteiger partial charge in [0.15, 0.2) is 0 Å². The number of rotatable bonds is 2. The van der Waals surface area contributed by atoms with Gasteiger partial charge in [-0.1, -0.05) is 12.1 Å². The third kappa shape index (κ3) is 1.70. The minimum Gasteiger partial charge on any atom is -0.207 e. The van der Waals surface area contributed by atoms with E-state index in [0.29, 0.717) is 0 Å². The number of hydrogen-bond donors (Lipinski definition) is 0. The van der Waals surface area contributed by atoms with Gasteiger partial charge in [0.25, 0.3) is 0 Å². The summed E-state index contributed by atoms with van der Waals surface area (Å²) in [6.45, 7) is 0. The monoisotopic (exact) mass is 175 g/mol. The molecule has 0 saturated heterocycles. The first kappa shape index (κ1) is 8.25. The molecule has 1 fully saturated rings. The Morgan fingerprint density at radius 1 is 1.31 bits per heavy atom. The molecule has 66 valence electrons. The highest BCUT2D eigenvalue weighted by Gasteiger charge is 2.42. The van der Waals surface area contributed by atoms with Crippen LogP contribution in [0.1, 0.15) is 18.4 Å². The Hall–Kier alpha value is -1.36. The molecule has 1 nitrogen and oxygen atoms in total. The van der Waals surface area contributed by atoms with E-state index in [1.807, 2.05) is 0 Å². The predicted molar refractivity (Wildman–Crippen MR) is 47.4 cm³/mol. The van der Waals surface area contributed by atoms with Crippen molar-refractivity contribution in [1.82, 2.24) is 0 Å². The van der Waals surface area contributed by atoms with Crippen molar-refractivity contribution in [2.24, 2.45) is 5.41 Å². The Balaban J connectivity index is 2.11. The minimum atomic E-state index is -0.217. The van der Waals surface area contributed by atoms with Crippen molar-refractivity contribution in [3.8, 4) is 6.07 Å². The van der Waals surface area contributed by atoms with E-state index in [-0.39, 0.29) is 11.2 Å². The van der Waals surface area contributed by atoms with Crippen LogP contribution in [-0.2, 0) is 6.42 Å². The molecule has 0 atom stereocenters. The highest BCUT2D eigenvalue weighted by atomic mass is 19.1. The van der Waals surface area contributed by atoms with Gasteiger partial charge in [-0.15, -0.1) is 0 Å². The summed E-state index contributed by atoms with van der Waals surface area (Å²) in [5.74, 6) is -0.217. The number of halogens is 1.